The fraction of sp³-hybridized carbons (Fsp3) is 0.467. The molecule has 0 saturated carbocycles. The number of thiazole rings is 1. The summed E-state index contributed by atoms with van der Waals surface area (Å²) in [5.41, 5.74) is 2.51. The summed E-state index contributed by atoms with van der Waals surface area (Å²) in [6.07, 6.45) is -0.295. The van der Waals surface area contributed by atoms with Crippen molar-refractivity contribution in [2.24, 2.45) is 11.1 Å². The Balaban J connectivity index is 1.59. The van der Waals surface area contributed by atoms with Gasteiger partial charge in [0.1, 0.15) is 5.69 Å². The molecule has 5 atom stereocenters. The van der Waals surface area contributed by atoms with Crippen LogP contribution in [0.15, 0.2) is 10.5 Å². The second-order valence-corrected chi connectivity index (χ2v) is 11.2. The van der Waals surface area contributed by atoms with Crippen molar-refractivity contribution >= 4 is 67.2 Å². The van der Waals surface area contributed by atoms with Crippen LogP contribution >= 0.6 is 11.3 Å². The third-order valence-electron chi connectivity index (χ3n) is 5.22. The summed E-state index contributed by atoms with van der Waals surface area (Å²) in [5.74, 6) is -6.84. The van der Waals surface area contributed by atoms with E-state index in [0.29, 0.717) is 0 Å². The summed E-state index contributed by atoms with van der Waals surface area (Å²) in [7, 11) is -4.59. The number of esters is 1. The number of ether oxygens (including phenoxy) is 1. The van der Waals surface area contributed by atoms with Crippen molar-refractivity contribution < 1.29 is 51.4 Å². The molecule has 19 heteroatoms. The third-order valence-corrected chi connectivity index (χ3v) is 8.08. The van der Waals surface area contributed by atoms with Gasteiger partial charge in [0, 0.05) is 5.38 Å². The quantitative estimate of drug-likeness (QED) is 0.0597. The first kappa shape index (κ1) is 24.1. The number of fused-ring (bicyclic) bond motifs is 3. The first-order valence-electron chi connectivity index (χ1n) is 9.19. The van der Waals surface area contributed by atoms with Gasteiger partial charge in [0.05, 0.1) is 12.3 Å². The second-order valence-electron chi connectivity index (χ2n) is 7.33. The van der Waals surface area contributed by atoms with E-state index in [9.17, 15) is 37.3 Å². The Morgan fingerprint density at radius 1 is 1.47 bits per heavy atom. The van der Waals surface area contributed by atoms with Crippen LogP contribution in [0.1, 0.15) is 12.1 Å². The predicted octanol–water partition coefficient (Wildman–Crippen LogP) is -2.61. The molecular formula is C15H16N5O11S3+. The zero-order chi connectivity index (χ0) is 25.0. The number of rotatable bonds is 7. The zero-order valence-corrected chi connectivity index (χ0v) is 19.1. The lowest BCUT2D eigenvalue weighted by molar-refractivity contribution is -0.216. The number of amides is 2. The molecule has 0 aromatic carbocycles. The Bertz CT molecular complexity index is 1220. The third kappa shape index (κ3) is 3.94. The molecule has 6 N–H and O–H groups in total. The number of hydrogen-bond acceptors (Lipinski definition) is 13. The molecule has 0 aliphatic carbocycles. The normalized spacial score (nSPS) is 30.6. The summed E-state index contributed by atoms with van der Waals surface area (Å²) in [4.78, 5) is 58.6. The Hall–Kier alpha value is -3.00. The summed E-state index contributed by atoms with van der Waals surface area (Å²) in [5, 5.41) is 15.5. The van der Waals surface area contributed by atoms with Crippen LogP contribution < -0.4 is 11.1 Å². The van der Waals surface area contributed by atoms with Crippen LogP contribution in [0.3, 0.4) is 0 Å². The highest BCUT2D eigenvalue weighted by Gasteiger charge is 2.78. The van der Waals surface area contributed by atoms with Crippen molar-refractivity contribution in [1.29, 1.82) is 0 Å². The van der Waals surface area contributed by atoms with Gasteiger partial charge in [0.15, 0.2) is 33.8 Å². The van der Waals surface area contributed by atoms with E-state index in [-0.39, 0.29) is 23.0 Å². The minimum atomic E-state index is -4.59. The minimum Gasteiger partial charge on any atom is -0.477 e. The van der Waals surface area contributed by atoms with E-state index >= 15 is 0 Å². The number of carboxylic acids is 1. The van der Waals surface area contributed by atoms with Gasteiger partial charge in [0.25, 0.3) is 22.9 Å². The number of aliphatic carboxylic acids is 1. The van der Waals surface area contributed by atoms with E-state index in [1.165, 1.54) is 5.38 Å². The van der Waals surface area contributed by atoms with Crippen LogP contribution in [-0.4, -0.2) is 90.8 Å². The zero-order valence-electron chi connectivity index (χ0n) is 16.7. The number of β-lactam (4-membered cyclic amide) rings is 1. The fourth-order valence-electron chi connectivity index (χ4n) is 3.88. The van der Waals surface area contributed by atoms with Gasteiger partial charge in [-0.25, -0.2) is 14.7 Å². The first-order chi connectivity index (χ1) is 15.8. The molecule has 3 aliphatic heterocycles. The SMILES string of the molecule is Nc1nc(/C(=N/OCS(=O)(=O)O)C(=O)N[C@@H]2C(=O)N3[C@@H]2[S+](O)C[C@@H]2CC(=O)O[C@@]23C(=O)O)cs1. The number of nitrogens with zero attached hydrogens (tertiary/aromatic N) is 3. The standard InChI is InChI=1S/C15H15N5O11S3/c16-14-17-6(2-32-14)8(19-30-4-34(27,28)29)10(22)18-9-11(23)20-12(9)33(26)3-5-1-7(21)31-15(5,20)13(24)25/h2,5,9,12,26H,1,3-4H2,(H4-,16,17,18,22,24,25,27,28,29)/p+1/b19-8-/t5-,9+,12+,15+,33?/m0/s1. The van der Waals surface area contributed by atoms with Crippen molar-refractivity contribution in [1.82, 2.24) is 15.2 Å². The van der Waals surface area contributed by atoms with Crippen LogP contribution in [0.4, 0.5) is 5.13 Å². The number of nitrogen functional groups attached to an aromatic ring is 1. The van der Waals surface area contributed by atoms with Crippen molar-refractivity contribution in [2.75, 3.05) is 17.4 Å². The Morgan fingerprint density at radius 3 is 2.76 bits per heavy atom. The average molecular weight is 539 g/mol. The second kappa shape index (κ2) is 8.34. The minimum absolute atomic E-state index is 0.0258. The summed E-state index contributed by atoms with van der Waals surface area (Å²) in [6, 6.07) is -1.42. The molecular weight excluding hydrogens is 522 g/mol. The van der Waals surface area contributed by atoms with Gasteiger partial charge < -0.3 is 25.7 Å². The van der Waals surface area contributed by atoms with Gasteiger partial charge in [-0.3, -0.25) is 18.9 Å². The van der Waals surface area contributed by atoms with Gasteiger partial charge >= 0.3 is 22.1 Å². The lowest BCUT2D eigenvalue weighted by Crippen LogP contribution is -2.84. The number of carboxylic acid groups (broad SMARTS) is 1. The smallest absolute Gasteiger partial charge is 0.371 e. The van der Waals surface area contributed by atoms with Crippen LogP contribution in [0.2, 0.25) is 0 Å². The highest BCUT2D eigenvalue weighted by atomic mass is 32.2. The van der Waals surface area contributed by atoms with Crippen LogP contribution in [0.25, 0.3) is 0 Å². The van der Waals surface area contributed by atoms with Crippen LogP contribution in [0, 0.1) is 5.92 Å². The molecule has 4 rings (SSSR count). The summed E-state index contributed by atoms with van der Waals surface area (Å²) < 4.78 is 46.1. The van der Waals surface area contributed by atoms with Crippen LogP contribution in [0.5, 0.6) is 0 Å². The summed E-state index contributed by atoms with van der Waals surface area (Å²) >= 11 is -0.691. The molecule has 0 bridgehead atoms. The van der Waals surface area contributed by atoms with E-state index < -0.39 is 79.8 Å². The number of hydrogen-bond donors (Lipinski definition) is 5. The lowest BCUT2D eigenvalue weighted by atomic mass is 9.89. The lowest BCUT2D eigenvalue weighted by Gasteiger charge is -2.53. The maximum atomic E-state index is 12.9. The molecule has 4 heterocycles. The topological polar surface area (TPSA) is 248 Å². The number of nitrogens with one attached hydrogen (secondary N) is 1. The van der Waals surface area contributed by atoms with Crippen LogP contribution in [-0.2, 0) is 50.0 Å². The first-order valence-corrected chi connectivity index (χ1v) is 13.1. The van der Waals surface area contributed by atoms with E-state index in [4.69, 9.17) is 15.0 Å². The van der Waals surface area contributed by atoms with Gasteiger partial charge in [-0.05, 0) is 0 Å². The largest absolute Gasteiger partial charge is 0.477 e. The highest BCUT2D eigenvalue weighted by Crippen LogP contribution is 2.48. The summed E-state index contributed by atoms with van der Waals surface area (Å²) in [6.45, 7) is 0. The number of nitrogens with two attached hydrogens (primary N) is 1. The average Bonchev–Trinajstić information content (AvgIpc) is 3.29. The Labute approximate surface area is 197 Å². The number of oxime groups is 1. The predicted molar refractivity (Wildman–Crippen MR) is 113 cm³/mol. The Morgan fingerprint density at radius 2 is 2.18 bits per heavy atom. The van der Waals surface area contributed by atoms with E-state index in [0.717, 1.165) is 16.2 Å². The van der Waals surface area contributed by atoms with Crippen molar-refractivity contribution in [3.05, 3.63) is 11.1 Å². The van der Waals surface area contributed by atoms with E-state index in [2.05, 4.69) is 20.3 Å². The van der Waals surface area contributed by atoms with E-state index in [1.807, 2.05) is 0 Å². The van der Waals surface area contributed by atoms with Gasteiger partial charge in [0.2, 0.25) is 5.94 Å². The van der Waals surface area contributed by atoms with Crippen molar-refractivity contribution in [2.45, 2.75) is 23.6 Å². The Kier molecular flexibility index (Phi) is 5.92. The highest BCUT2D eigenvalue weighted by molar-refractivity contribution is 7.92. The molecule has 0 radical (unpaired) electrons. The van der Waals surface area contributed by atoms with Crippen molar-refractivity contribution in [3.63, 3.8) is 0 Å². The molecule has 1 unspecified atom stereocenters. The number of aromatic nitrogens is 1. The molecule has 0 spiro atoms. The molecule has 1 aromatic heterocycles. The number of anilines is 1. The molecule has 2 amide bonds. The molecule has 3 saturated heterocycles. The maximum Gasteiger partial charge on any atom is 0.371 e. The molecule has 184 valence electrons. The van der Waals surface area contributed by atoms with Gasteiger partial charge in [-0.1, -0.05) is 5.16 Å². The molecule has 34 heavy (non-hydrogen) atoms. The molecule has 16 nitrogen and oxygen atoms in total. The molecule has 3 aliphatic rings. The number of carbonyl (C=O) groups excluding carboxylic acids is 3. The van der Waals surface area contributed by atoms with E-state index in [1.54, 1.807) is 0 Å². The number of carbonyl (C=O) groups is 4. The van der Waals surface area contributed by atoms with Gasteiger partial charge in [-0.2, -0.15) is 13.0 Å². The maximum absolute atomic E-state index is 12.9. The fourth-order valence-corrected chi connectivity index (χ4v) is 6.57. The molecule has 3 fully saturated rings. The molecule has 1 aromatic rings. The monoisotopic (exact) mass is 538 g/mol. The van der Waals surface area contributed by atoms with Crippen molar-refractivity contribution in [3.8, 4) is 0 Å². The van der Waals surface area contributed by atoms with Gasteiger partial charge in [-0.15, -0.1) is 11.3 Å².